The van der Waals surface area contributed by atoms with Crippen LogP contribution in [0.25, 0.3) is 0 Å². The maximum atomic E-state index is 12.2. The van der Waals surface area contributed by atoms with Gasteiger partial charge in [-0.15, -0.1) is 0 Å². The molecule has 25 heavy (non-hydrogen) atoms. The number of hydrogen-bond donors (Lipinski definition) is 1. The van der Waals surface area contributed by atoms with Gasteiger partial charge in [-0.25, -0.2) is 0 Å². The van der Waals surface area contributed by atoms with Gasteiger partial charge in [0.05, 0.1) is 27.4 Å². The minimum absolute atomic E-state index is 0.0231. The molecule has 0 bridgehead atoms. The van der Waals surface area contributed by atoms with Crippen LogP contribution in [0, 0.1) is 0 Å². The monoisotopic (exact) mass is 344 g/mol. The average molecular weight is 344 g/mol. The van der Waals surface area contributed by atoms with Crippen LogP contribution in [0.2, 0.25) is 0 Å². The SMILES string of the molecule is COc1cc(CCC(=O)NC(C)c2cccnc2)cc(OC)c1OC. The number of pyridine rings is 1. The number of benzene rings is 1. The van der Waals surface area contributed by atoms with Gasteiger partial charge < -0.3 is 19.5 Å². The number of nitrogens with one attached hydrogen (secondary N) is 1. The highest BCUT2D eigenvalue weighted by Crippen LogP contribution is 2.38. The summed E-state index contributed by atoms with van der Waals surface area (Å²) < 4.78 is 16.0. The van der Waals surface area contributed by atoms with Crippen molar-refractivity contribution in [3.05, 3.63) is 47.8 Å². The largest absolute Gasteiger partial charge is 0.493 e. The molecule has 0 saturated carbocycles. The number of ether oxygens (including phenoxy) is 3. The summed E-state index contributed by atoms with van der Waals surface area (Å²) in [5.74, 6) is 1.69. The molecule has 0 aliphatic heterocycles. The number of amides is 1. The van der Waals surface area contributed by atoms with Gasteiger partial charge in [-0.2, -0.15) is 0 Å². The van der Waals surface area contributed by atoms with E-state index >= 15 is 0 Å². The van der Waals surface area contributed by atoms with Gasteiger partial charge in [0.15, 0.2) is 11.5 Å². The number of aryl methyl sites for hydroxylation is 1. The Morgan fingerprint density at radius 2 is 1.84 bits per heavy atom. The molecule has 1 atom stereocenters. The van der Waals surface area contributed by atoms with Crippen molar-refractivity contribution in [2.45, 2.75) is 25.8 Å². The van der Waals surface area contributed by atoms with Crippen LogP contribution in [-0.2, 0) is 11.2 Å². The van der Waals surface area contributed by atoms with E-state index in [0.717, 1.165) is 11.1 Å². The number of carbonyl (C=O) groups excluding carboxylic acids is 1. The van der Waals surface area contributed by atoms with Crippen molar-refractivity contribution in [3.63, 3.8) is 0 Å². The Balaban J connectivity index is 1.99. The van der Waals surface area contributed by atoms with Crippen LogP contribution in [0.1, 0.15) is 30.5 Å². The predicted molar refractivity (Wildman–Crippen MR) is 95.2 cm³/mol. The summed E-state index contributed by atoms with van der Waals surface area (Å²) in [7, 11) is 4.71. The fourth-order valence-electron chi connectivity index (χ4n) is 2.57. The number of rotatable bonds is 8. The molecular formula is C19H24N2O4. The van der Waals surface area contributed by atoms with Crippen LogP contribution in [0.4, 0.5) is 0 Å². The van der Waals surface area contributed by atoms with Crippen LogP contribution >= 0.6 is 0 Å². The molecule has 1 aromatic heterocycles. The molecule has 0 aliphatic rings. The first-order valence-electron chi connectivity index (χ1n) is 8.07. The molecule has 0 spiro atoms. The lowest BCUT2D eigenvalue weighted by Crippen LogP contribution is -2.26. The molecule has 6 nitrogen and oxygen atoms in total. The molecule has 1 amide bonds. The number of methoxy groups -OCH3 is 3. The molecule has 0 saturated heterocycles. The van der Waals surface area contributed by atoms with Crippen LogP contribution in [0.5, 0.6) is 17.2 Å². The van der Waals surface area contributed by atoms with E-state index in [0.29, 0.717) is 30.1 Å². The summed E-state index contributed by atoms with van der Waals surface area (Å²) in [4.78, 5) is 16.3. The van der Waals surface area contributed by atoms with Crippen molar-refractivity contribution >= 4 is 5.91 Å². The zero-order chi connectivity index (χ0) is 18.2. The Kier molecular flexibility index (Phi) is 6.62. The van der Waals surface area contributed by atoms with E-state index in [-0.39, 0.29) is 11.9 Å². The standard InChI is InChI=1S/C19H24N2O4/c1-13(15-6-5-9-20-12-15)21-18(22)8-7-14-10-16(23-2)19(25-4)17(11-14)24-3/h5-6,9-13H,7-8H2,1-4H3,(H,21,22). The second-order valence-electron chi connectivity index (χ2n) is 5.61. The maximum Gasteiger partial charge on any atom is 0.220 e. The number of carbonyl (C=O) groups is 1. The third kappa shape index (κ3) is 4.86. The van der Waals surface area contributed by atoms with Gasteiger partial charge in [0.2, 0.25) is 11.7 Å². The quantitative estimate of drug-likeness (QED) is 0.797. The van der Waals surface area contributed by atoms with Gasteiger partial charge in [-0.3, -0.25) is 9.78 Å². The zero-order valence-electron chi connectivity index (χ0n) is 15.0. The lowest BCUT2D eigenvalue weighted by molar-refractivity contribution is -0.121. The summed E-state index contributed by atoms with van der Waals surface area (Å²) >= 11 is 0. The minimum Gasteiger partial charge on any atom is -0.493 e. The van der Waals surface area contributed by atoms with E-state index in [1.54, 1.807) is 33.7 Å². The molecule has 0 fully saturated rings. The molecule has 0 aliphatic carbocycles. The first-order valence-corrected chi connectivity index (χ1v) is 8.07. The summed E-state index contributed by atoms with van der Waals surface area (Å²) in [5.41, 5.74) is 1.92. The summed E-state index contributed by atoms with van der Waals surface area (Å²) in [6.45, 7) is 1.94. The topological polar surface area (TPSA) is 69.7 Å². The van der Waals surface area contributed by atoms with E-state index in [4.69, 9.17) is 14.2 Å². The van der Waals surface area contributed by atoms with Crippen molar-refractivity contribution in [2.75, 3.05) is 21.3 Å². The van der Waals surface area contributed by atoms with Gasteiger partial charge in [0, 0.05) is 18.8 Å². The van der Waals surface area contributed by atoms with Gasteiger partial charge in [0.25, 0.3) is 0 Å². The number of hydrogen-bond acceptors (Lipinski definition) is 5. The Morgan fingerprint density at radius 3 is 2.36 bits per heavy atom. The Labute approximate surface area is 148 Å². The Morgan fingerprint density at radius 1 is 1.16 bits per heavy atom. The zero-order valence-corrected chi connectivity index (χ0v) is 15.0. The molecule has 134 valence electrons. The molecule has 1 heterocycles. The maximum absolute atomic E-state index is 12.2. The first kappa shape index (κ1) is 18.6. The van der Waals surface area contributed by atoms with Crippen molar-refractivity contribution in [1.82, 2.24) is 10.3 Å². The Hall–Kier alpha value is -2.76. The molecule has 2 aromatic rings. The predicted octanol–water partition coefficient (Wildman–Crippen LogP) is 2.92. The van der Waals surface area contributed by atoms with Crippen LogP contribution in [0.15, 0.2) is 36.7 Å². The van der Waals surface area contributed by atoms with Crippen molar-refractivity contribution in [1.29, 1.82) is 0 Å². The smallest absolute Gasteiger partial charge is 0.220 e. The Bertz CT molecular complexity index is 679. The second-order valence-corrected chi connectivity index (χ2v) is 5.61. The van der Waals surface area contributed by atoms with E-state index in [1.807, 2.05) is 31.2 Å². The van der Waals surface area contributed by atoms with E-state index in [9.17, 15) is 4.79 Å². The minimum atomic E-state index is -0.0823. The van der Waals surface area contributed by atoms with Crippen LogP contribution in [-0.4, -0.2) is 32.2 Å². The highest BCUT2D eigenvalue weighted by atomic mass is 16.5. The first-order chi connectivity index (χ1) is 12.1. The second kappa shape index (κ2) is 8.92. The van der Waals surface area contributed by atoms with Crippen molar-refractivity contribution < 1.29 is 19.0 Å². The average Bonchev–Trinajstić information content (AvgIpc) is 2.65. The van der Waals surface area contributed by atoms with Crippen LogP contribution in [0.3, 0.4) is 0 Å². The number of aromatic nitrogens is 1. The van der Waals surface area contributed by atoms with E-state index in [1.165, 1.54) is 0 Å². The van der Waals surface area contributed by atoms with Gasteiger partial charge >= 0.3 is 0 Å². The van der Waals surface area contributed by atoms with E-state index in [2.05, 4.69) is 10.3 Å². The van der Waals surface area contributed by atoms with Crippen molar-refractivity contribution in [3.8, 4) is 17.2 Å². The molecule has 1 aromatic carbocycles. The third-order valence-electron chi connectivity index (χ3n) is 3.93. The fraction of sp³-hybridized carbons (Fsp3) is 0.368. The molecule has 6 heteroatoms. The molecular weight excluding hydrogens is 320 g/mol. The highest BCUT2D eigenvalue weighted by molar-refractivity contribution is 5.76. The molecule has 0 radical (unpaired) electrons. The summed E-state index contributed by atoms with van der Waals surface area (Å²) in [6.07, 6.45) is 4.40. The normalized spacial score (nSPS) is 11.5. The molecule has 1 N–H and O–H groups in total. The molecule has 1 unspecified atom stereocenters. The summed E-state index contributed by atoms with van der Waals surface area (Å²) in [6, 6.07) is 7.43. The van der Waals surface area contributed by atoms with Crippen LogP contribution < -0.4 is 19.5 Å². The van der Waals surface area contributed by atoms with Crippen molar-refractivity contribution in [2.24, 2.45) is 0 Å². The highest BCUT2D eigenvalue weighted by Gasteiger charge is 2.14. The lowest BCUT2D eigenvalue weighted by Gasteiger charge is -2.15. The summed E-state index contributed by atoms with van der Waals surface area (Å²) in [5, 5.41) is 2.98. The van der Waals surface area contributed by atoms with Gasteiger partial charge in [-0.1, -0.05) is 6.07 Å². The number of nitrogens with zero attached hydrogens (tertiary/aromatic N) is 1. The third-order valence-corrected chi connectivity index (χ3v) is 3.93. The van der Waals surface area contributed by atoms with Gasteiger partial charge in [-0.05, 0) is 42.7 Å². The van der Waals surface area contributed by atoms with Gasteiger partial charge in [0.1, 0.15) is 0 Å². The fourth-order valence-corrected chi connectivity index (χ4v) is 2.57. The molecule has 2 rings (SSSR count). The lowest BCUT2D eigenvalue weighted by atomic mass is 10.1. The van der Waals surface area contributed by atoms with E-state index < -0.39 is 0 Å².